The first-order valence-electron chi connectivity index (χ1n) is 12.7. The third-order valence-corrected chi connectivity index (χ3v) is 7.45. The number of piperidine rings is 1. The average Bonchev–Trinajstić information content (AvgIpc) is 3.59. The first-order valence-corrected chi connectivity index (χ1v) is 12.7. The van der Waals surface area contributed by atoms with E-state index in [-0.39, 0.29) is 11.9 Å². The molecule has 0 bridgehead atoms. The van der Waals surface area contributed by atoms with Crippen molar-refractivity contribution in [1.29, 1.82) is 0 Å². The fourth-order valence-electron chi connectivity index (χ4n) is 5.59. The van der Waals surface area contributed by atoms with Gasteiger partial charge in [0, 0.05) is 41.8 Å². The Balaban J connectivity index is 1.33. The van der Waals surface area contributed by atoms with E-state index in [9.17, 15) is 4.79 Å². The van der Waals surface area contributed by atoms with Gasteiger partial charge in [0.15, 0.2) is 5.65 Å². The molecule has 1 saturated heterocycles. The summed E-state index contributed by atoms with van der Waals surface area (Å²) in [6.07, 6.45) is 5.81. The van der Waals surface area contributed by atoms with E-state index < -0.39 is 0 Å². The van der Waals surface area contributed by atoms with Crippen LogP contribution in [-0.2, 0) is 0 Å². The maximum atomic E-state index is 13.9. The zero-order valence-corrected chi connectivity index (χ0v) is 21.2. The molecule has 0 atom stereocenters. The Morgan fingerprint density at radius 2 is 1.89 bits per heavy atom. The largest absolute Gasteiger partial charge is 0.466 e. The van der Waals surface area contributed by atoms with Crippen LogP contribution < -0.4 is 0 Å². The van der Waals surface area contributed by atoms with Crippen molar-refractivity contribution in [2.45, 2.75) is 52.5 Å². The highest BCUT2D eigenvalue weighted by molar-refractivity contribution is 6.06. The summed E-state index contributed by atoms with van der Waals surface area (Å²) in [7, 11) is 0. The number of pyridine rings is 1. The summed E-state index contributed by atoms with van der Waals surface area (Å²) in [6, 6.07) is 12.5. The van der Waals surface area contributed by atoms with E-state index in [1.165, 1.54) is 16.5 Å². The van der Waals surface area contributed by atoms with E-state index in [2.05, 4.69) is 54.4 Å². The first kappa shape index (κ1) is 22.6. The number of H-pyrrole nitrogens is 1. The summed E-state index contributed by atoms with van der Waals surface area (Å²) in [5.41, 5.74) is 5.58. The molecule has 7 heteroatoms. The quantitative estimate of drug-likeness (QED) is 0.323. The summed E-state index contributed by atoms with van der Waals surface area (Å²) in [4.78, 5) is 24.2. The van der Waals surface area contributed by atoms with Gasteiger partial charge < -0.3 is 14.3 Å². The van der Waals surface area contributed by atoms with Crippen LogP contribution in [0.4, 0.5) is 0 Å². The molecular formula is C29H31N5O2. The number of para-hydroxylation sites is 1. The highest BCUT2D eigenvalue weighted by Gasteiger charge is 2.28. The number of aryl methyl sites for hydroxylation is 2. The van der Waals surface area contributed by atoms with E-state index >= 15 is 0 Å². The number of carbonyl (C=O) groups excluding carboxylic acids is 1. The molecule has 36 heavy (non-hydrogen) atoms. The average molecular weight is 482 g/mol. The minimum Gasteiger partial charge on any atom is -0.466 e. The number of carbonyl (C=O) groups is 1. The van der Waals surface area contributed by atoms with Crippen molar-refractivity contribution in [3.8, 4) is 11.3 Å². The Bertz CT molecular complexity index is 1580. The van der Waals surface area contributed by atoms with Crippen molar-refractivity contribution < 1.29 is 9.21 Å². The summed E-state index contributed by atoms with van der Waals surface area (Å²) >= 11 is 0. The number of nitrogens with one attached hydrogen (secondary N) is 1. The SMILES string of the molecule is Cc1cc(-c2cc(C(=O)N3CCC(c4c[nH]c5ccccc45)CC3)c3cnn(C(C)C)c3n2)c(C)o1. The molecule has 1 fully saturated rings. The lowest BCUT2D eigenvalue weighted by Gasteiger charge is -2.32. The van der Waals surface area contributed by atoms with Crippen molar-refractivity contribution >= 4 is 27.8 Å². The number of likely N-dealkylation sites (tertiary alicyclic amines) is 1. The molecule has 0 aliphatic carbocycles. The van der Waals surface area contributed by atoms with Crippen molar-refractivity contribution in [3.63, 3.8) is 0 Å². The van der Waals surface area contributed by atoms with Crippen molar-refractivity contribution in [3.05, 3.63) is 71.4 Å². The van der Waals surface area contributed by atoms with E-state index in [1.807, 2.05) is 35.6 Å². The van der Waals surface area contributed by atoms with Crippen molar-refractivity contribution in [2.75, 3.05) is 13.1 Å². The third-order valence-electron chi connectivity index (χ3n) is 7.45. The van der Waals surface area contributed by atoms with Crippen LogP contribution >= 0.6 is 0 Å². The topological polar surface area (TPSA) is 80.0 Å². The smallest absolute Gasteiger partial charge is 0.254 e. The highest BCUT2D eigenvalue weighted by atomic mass is 16.3. The van der Waals surface area contributed by atoms with Crippen LogP contribution in [0.2, 0.25) is 0 Å². The number of hydrogen-bond acceptors (Lipinski definition) is 4. The molecule has 184 valence electrons. The van der Waals surface area contributed by atoms with Gasteiger partial charge in [-0.2, -0.15) is 5.10 Å². The molecule has 0 unspecified atom stereocenters. The number of benzene rings is 1. The van der Waals surface area contributed by atoms with Gasteiger partial charge in [-0.3, -0.25) is 4.79 Å². The van der Waals surface area contributed by atoms with Gasteiger partial charge in [0.1, 0.15) is 11.5 Å². The van der Waals surface area contributed by atoms with Crippen molar-refractivity contribution in [1.82, 2.24) is 24.6 Å². The second-order valence-corrected chi connectivity index (χ2v) is 10.2. The number of aromatic amines is 1. The Morgan fingerprint density at radius 1 is 1.11 bits per heavy atom. The molecular weight excluding hydrogens is 450 g/mol. The van der Waals surface area contributed by atoms with Gasteiger partial charge in [-0.25, -0.2) is 9.67 Å². The number of aromatic nitrogens is 4. The maximum absolute atomic E-state index is 13.9. The number of nitrogens with zero attached hydrogens (tertiary/aromatic N) is 4. The van der Waals surface area contributed by atoms with Gasteiger partial charge in [-0.1, -0.05) is 18.2 Å². The zero-order valence-electron chi connectivity index (χ0n) is 21.2. The van der Waals surface area contributed by atoms with Crippen LogP contribution in [0.1, 0.15) is 66.1 Å². The molecule has 4 aromatic heterocycles. The molecule has 1 amide bonds. The molecule has 7 nitrogen and oxygen atoms in total. The lowest BCUT2D eigenvalue weighted by atomic mass is 9.89. The minimum atomic E-state index is 0.0437. The summed E-state index contributed by atoms with van der Waals surface area (Å²) < 4.78 is 7.66. The minimum absolute atomic E-state index is 0.0437. The normalized spacial score (nSPS) is 15.0. The summed E-state index contributed by atoms with van der Waals surface area (Å²) in [5.74, 6) is 2.11. The molecule has 1 N–H and O–H groups in total. The maximum Gasteiger partial charge on any atom is 0.254 e. The number of amides is 1. The monoisotopic (exact) mass is 481 g/mol. The predicted octanol–water partition coefficient (Wildman–Crippen LogP) is 6.39. The Labute approximate surface area is 210 Å². The van der Waals surface area contributed by atoms with Gasteiger partial charge in [0.25, 0.3) is 5.91 Å². The second kappa shape index (κ2) is 8.66. The van der Waals surface area contributed by atoms with Gasteiger partial charge in [0.05, 0.1) is 22.8 Å². The van der Waals surface area contributed by atoms with E-state index in [0.717, 1.165) is 59.7 Å². The second-order valence-electron chi connectivity index (χ2n) is 10.2. The van der Waals surface area contributed by atoms with Crippen LogP contribution in [0.15, 0.2) is 53.2 Å². The van der Waals surface area contributed by atoms with E-state index in [0.29, 0.717) is 11.5 Å². The highest BCUT2D eigenvalue weighted by Crippen LogP contribution is 2.35. The van der Waals surface area contributed by atoms with Gasteiger partial charge in [-0.05, 0) is 70.2 Å². The van der Waals surface area contributed by atoms with Crippen LogP contribution in [0, 0.1) is 13.8 Å². The fourth-order valence-corrected chi connectivity index (χ4v) is 5.59. The number of hydrogen-bond donors (Lipinski definition) is 1. The summed E-state index contributed by atoms with van der Waals surface area (Å²) in [6.45, 7) is 9.47. The molecule has 6 rings (SSSR count). The van der Waals surface area contributed by atoms with Crippen LogP contribution in [-0.4, -0.2) is 43.6 Å². The lowest BCUT2D eigenvalue weighted by Crippen LogP contribution is -2.38. The zero-order chi connectivity index (χ0) is 25.0. The molecule has 0 radical (unpaired) electrons. The molecule has 1 aromatic carbocycles. The number of furan rings is 1. The van der Waals surface area contributed by atoms with Crippen LogP contribution in [0.5, 0.6) is 0 Å². The Kier molecular flexibility index (Phi) is 5.43. The van der Waals surface area contributed by atoms with Gasteiger partial charge >= 0.3 is 0 Å². The van der Waals surface area contributed by atoms with E-state index in [4.69, 9.17) is 9.40 Å². The van der Waals surface area contributed by atoms with Crippen molar-refractivity contribution in [2.24, 2.45) is 0 Å². The predicted molar refractivity (Wildman–Crippen MR) is 141 cm³/mol. The summed E-state index contributed by atoms with van der Waals surface area (Å²) in [5, 5.41) is 6.66. The van der Waals surface area contributed by atoms with E-state index in [1.54, 1.807) is 6.20 Å². The first-order chi connectivity index (χ1) is 17.4. The Hall–Kier alpha value is -3.87. The van der Waals surface area contributed by atoms with Crippen LogP contribution in [0.3, 0.4) is 0 Å². The Morgan fingerprint density at radius 3 is 2.61 bits per heavy atom. The fraction of sp³-hybridized carbons (Fsp3) is 0.345. The molecule has 5 heterocycles. The lowest BCUT2D eigenvalue weighted by molar-refractivity contribution is 0.0715. The standard InChI is InChI=1S/C29H31N5O2/c1-17(2)34-28-25(16-31-34)23(14-27(32-28)22-13-18(3)36-19(22)4)29(35)33-11-9-20(10-12-33)24-15-30-26-8-6-5-7-21(24)26/h5-8,13-17,20,30H,9-12H2,1-4H3. The third kappa shape index (κ3) is 3.70. The molecule has 1 aliphatic heterocycles. The molecule has 0 spiro atoms. The van der Waals surface area contributed by atoms with Gasteiger partial charge in [-0.15, -0.1) is 0 Å². The molecule has 0 saturated carbocycles. The molecule has 1 aliphatic rings. The van der Waals surface area contributed by atoms with Crippen LogP contribution in [0.25, 0.3) is 33.2 Å². The van der Waals surface area contributed by atoms with Gasteiger partial charge in [0.2, 0.25) is 0 Å². The number of rotatable bonds is 4. The molecule has 5 aromatic rings. The number of fused-ring (bicyclic) bond motifs is 2.